The minimum Gasteiger partial charge on any atom is -0.494 e. The first-order chi connectivity index (χ1) is 11.4. The maximum absolute atomic E-state index is 9.16. The molecule has 134 valence electrons. The van der Waals surface area contributed by atoms with Gasteiger partial charge in [-0.15, -0.1) is 0 Å². The Morgan fingerprint density at radius 2 is 1.75 bits per heavy atom. The summed E-state index contributed by atoms with van der Waals surface area (Å²) in [6.45, 7) is 24.7. The van der Waals surface area contributed by atoms with E-state index in [-0.39, 0.29) is 5.92 Å². The van der Waals surface area contributed by atoms with E-state index in [1.807, 2.05) is 20.8 Å². The molecule has 3 unspecified atom stereocenters. The first kappa shape index (κ1) is 22.2. The van der Waals surface area contributed by atoms with Gasteiger partial charge in [0, 0.05) is 5.57 Å². The average Bonchev–Trinajstić information content (AvgIpc) is 2.59. The molecule has 3 atom stereocenters. The fourth-order valence-electron chi connectivity index (χ4n) is 3.14. The summed E-state index contributed by atoms with van der Waals surface area (Å²) in [4.78, 5) is 0. The molecule has 0 bridgehead atoms. The number of nitrogens with zero attached hydrogens (tertiary/aromatic N) is 1. The molecule has 2 heteroatoms. The summed E-state index contributed by atoms with van der Waals surface area (Å²) in [7, 11) is 0. The van der Waals surface area contributed by atoms with Crippen molar-refractivity contribution in [3.63, 3.8) is 0 Å². The Bertz CT molecular complexity index is 495. The molecule has 1 rings (SSSR count). The second kappa shape index (κ2) is 11.7. The van der Waals surface area contributed by atoms with Crippen LogP contribution in [0.15, 0.2) is 48.8 Å². The largest absolute Gasteiger partial charge is 0.494 e. The minimum absolute atomic E-state index is 0.278. The number of allylic oxidation sites excluding steroid dienone is 3. The highest BCUT2D eigenvalue weighted by Gasteiger charge is 2.31. The van der Waals surface area contributed by atoms with Crippen molar-refractivity contribution in [1.29, 1.82) is 5.26 Å². The topological polar surface area (TPSA) is 33.0 Å². The van der Waals surface area contributed by atoms with E-state index in [0.29, 0.717) is 29.8 Å². The Balaban J connectivity index is 0.00000254. The molecule has 24 heavy (non-hydrogen) atoms. The third-order valence-corrected chi connectivity index (χ3v) is 4.62. The molecule has 0 heterocycles. The molecule has 0 aromatic rings. The molecule has 1 fully saturated rings. The van der Waals surface area contributed by atoms with Crippen LogP contribution in [0.5, 0.6) is 0 Å². The number of ether oxygens (including phenoxy) is 1. The van der Waals surface area contributed by atoms with Gasteiger partial charge in [-0.25, -0.2) is 0 Å². The molecule has 0 radical (unpaired) electrons. The van der Waals surface area contributed by atoms with Gasteiger partial charge in [0.05, 0.1) is 12.7 Å². The second-order valence-electron chi connectivity index (χ2n) is 6.58. The molecule has 0 N–H and O–H groups in total. The number of rotatable bonds is 8. The molecule has 0 spiro atoms. The highest BCUT2D eigenvalue weighted by Crippen LogP contribution is 2.41. The van der Waals surface area contributed by atoms with Crippen LogP contribution in [0.3, 0.4) is 0 Å². The summed E-state index contributed by atoms with van der Waals surface area (Å²) in [6.07, 6.45) is 5.19. The number of hydrogen-bond donors (Lipinski definition) is 0. The molecule has 1 aliphatic carbocycles. The predicted molar refractivity (Wildman–Crippen MR) is 104 cm³/mol. The summed E-state index contributed by atoms with van der Waals surface area (Å²) in [6, 6.07) is 2.25. The van der Waals surface area contributed by atoms with Crippen LogP contribution in [-0.2, 0) is 4.74 Å². The summed E-state index contributed by atoms with van der Waals surface area (Å²) in [5.41, 5.74) is 2.81. The third kappa shape index (κ3) is 7.21. The van der Waals surface area contributed by atoms with Crippen molar-refractivity contribution in [3.8, 4) is 6.07 Å². The van der Waals surface area contributed by atoms with Gasteiger partial charge in [0.2, 0.25) is 0 Å². The standard InChI is InChI=1S/C20H29NO.C2H6/c1-14(2)18(6)22-11-7-8-16(4)20-12-15(3)9-10-19(20)17(5)13-21;1-2/h15,19-20H,1,4-12H2,2-3H3;1-2H3. The van der Waals surface area contributed by atoms with E-state index in [2.05, 4.69) is 39.3 Å². The van der Waals surface area contributed by atoms with Gasteiger partial charge >= 0.3 is 0 Å². The number of hydrogen-bond acceptors (Lipinski definition) is 2. The van der Waals surface area contributed by atoms with Crippen molar-refractivity contribution in [1.82, 2.24) is 0 Å². The Labute approximate surface area is 149 Å². The van der Waals surface area contributed by atoms with E-state index in [0.717, 1.165) is 31.3 Å². The summed E-state index contributed by atoms with van der Waals surface area (Å²) < 4.78 is 5.55. The van der Waals surface area contributed by atoms with Crippen molar-refractivity contribution < 1.29 is 4.74 Å². The fourth-order valence-corrected chi connectivity index (χ4v) is 3.14. The van der Waals surface area contributed by atoms with Gasteiger partial charge in [0.25, 0.3) is 0 Å². The lowest BCUT2D eigenvalue weighted by atomic mass is 9.68. The highest BCUT2D eigenvalue weighted by molar-refractivity contribution is 5.24. The molecule has 0 aromatic carbocycles. The predicted octanol–water partition coefficient (Wildman–Crippen LogP) is 6.59. The van der Waals surface area contributed by atoms with Crippen LogP contribution in [0.25, 0.3) is 0 Å². The lowest BCUT2D eigenvalue weighted by Gasteiger charge is -2.36. The first-order valence-corrected chi connectivity index (χ1v) is 9.11. The molecule has 1 saturated carbocycles. The van der Waals surface area contributed by atoms with Crippen LogP contribution < -0.4 is 0 Å². The van der Waals surface area contributed by atoms with E-state index in [1.165, 1.54) is 12.0 Å². The van der Waals surface area contributed by atoms with Crippen molar-refractivity contribution in [2.75, 3.05) is 6.61 Å². The first-order valence-electron chi connectivity index (χ1n) is 9.11. The Morgan fingerprint density at radius 3 is 2.29 bits per heavy atom. The van der Waals surface area contributed by atoms with E-state index in [1.54, 1.807) is 0 Å². The van der Waals surface area contributed by atoms with Gasteiger partial charge < -0.3 is 4.74 Å². The zero-order valence-corrected chi connectivity index (χ0v) is 16.2. The normalized spacial score (nSPS) is 22.4. The molecule has 0 aliphatic heterocycles. The smallest absolute Gasteiger partial charge is 0.114 e. The van der Waals surface area contributed by atoms with E-state index >= 15 is 0 Å². The summed E-state index contributed by atoms with van der Waals surface area (Å²) in [5, 5.41) is 9.16. The average molecular weight is 330 g/mol. The Hall–Kier alpha value is -1.75. The van der Waals surface area contributed by atoms with E-state index in [9.17, 15) is 0 Å². The highest BCUT2D eigenvalue weighted by atomic mass is 16.5. The minimum atomic E-state index is 0.278. The summed E-state index contributed by atoms with van der Waals surface area (Å²) in [5.74, 6) is 2.02. The lowest BCUT2D eigenvalue weighted by molar-refractivity contribution is 0.210. The fraction of sp³-hybridized carbons (Fsp3) is 0.591. The van der Waals surface area contributed by atoms with Gasteiger partial charge in [0.15, 0.2) is 0 Å². The third-order valence-electron chi connectivity index (χ3n) is 4.62. The van der Waals surface area contributed by atoms with E-state index in [4.69, 9.17) is 10.00 Å². The number of nitriles is 1. The molecule has 0 saturated heterocycles. The molecular weight excluding hydrogens is 294 g/mol. The van der Waals surface area contributed by atoms with Crippen LogP contribution in [-0.4, -0.2) is 6.61 Å². The zero-order valence-electron chi connectivity index (χ0n) is 16.2. The Kier molecular flexibility index (Phi) is 10.9. The maximum Gasteiger partial charge on any atom is 0.114 e. The van der Waals surface area contributed by atoms with Gasteiger partial charge in [-0.1, -0.05) is 59.1 Å². The SMILES string of the molecule is C=C(C)C(=C)OCCCC(=C)C1CC(C)CCC1C(=C)C#N.CC. The van der Waals surface area contributed by atoms with Crippen molar-refractivity contribution >= 4 is 0 Å². The molecule has 1 aliphatic rings. The summed E-state index contributed by atoms with van der Waals surface area (Å²) >= 11 is 0. The molecule has 0 amide bonds. The van der Waals surface area contributed by atoms with Gasteiger partial charge in [-0.05, 0) is 55.9 Å². The molecular formula is C22H35NO. The van der Waals surface area contributed by atoms with Crippen LogP contribution in [0, 0.1) is 29.1 Å². The van der Waals surface area contributed by atoms with Crippen LogP contribution in [0.2, 0.25) is 0 Å². The lowest BCUT2D eigenvalue weighted by Crippen LogP contribution is -2.26. The van der Waals surface area contributed by atoms with Gasteiger partial charge in [-0.2, -0.15) is 5.26 Å². The second-order valence-corrected chi connectivity index (χ2v) is 6.58. The zero-order chi connectivity index (χ0) is 18.7. The van der Waals surface area contributed by atoms with Gasteiger partial charge in [-0.3, -0.25) is 0 Å². The quantitative estimate of drug-likeness (QED) is 0.165. The monoisotopic (exact) mass is 329 g/mol. The van der Waals surface area contributed by atoms with Crippen LogP contribution in [0.4, 0.5) is 0 Å². The Morgan fingerprint density at radius 1 is 1.12 bits per heavy atom. The van der Waals surface area contributed by atoms with Crippen LogP contribution in [0.1, 0.15) is 59.8 Å². The van der Waals surface area contributed by atoms with Crippen molar-refractivity contribution in [2.45, 2.75) is 59.8 Å². The molecule has 2 nitrogen and oxygen atoms in total. The van der Waals surface area contributed by atoms with Gasteiger partial charge in [0.1, 0.15) is 5.76 Å². The van der Waals surface area contributed by atoms with E-state index < -0.39 is 0 Å². The van der Waals surface area contributed by atoms with Crippen LogP contribution >= 0.6 is 0 Å². The van der Waals surface area contributed by atoms with Crippen molar-refractivity contribution in [2.24, 2.45) is 17.8 Å². The maximum atomic E-state index is 9.16. The molecule has 0 aromatic heterocycles. The van der Waals surface area contributed by atoms with Crippen molar-refractivity contribution in [3.05, 3.63) is 48.8 Å².